The first-order valence-corrected chi connectivity index (χ1v) is 7.80. The minimum atomic E-state index is -1.05. The van der Waals surface area contributed by atoms with Gasteiger partial charge in [0.2, 0.25) is 0 Å². The third-order valence-corrected chi connectivity index (χ3v) is 11.1. The normalized spacial score (nSPS) is 20.2. The fraction of sp³-hybridized carbons (Fsp3) is 1.00. The van der Waals surface area contributed by atoms with Crippen LogP contribution in [0.15, 0.2) is 0 Å². The van der Waals surface area contributed by atoms with Crippen molar-refractivity contribution >= 4 is 8.07 Å². The Morgan fingerprint density at radius 2 is 1.50 bits per heavy atom. The number of rotatable bonds is 3. The number of hydrogen-bond donors (Lipinski definition) is 0. The lowest BCUT2D eigenvalue weighted by Crippen LogP contribution is -2.50. The minimum Gasteiger partial charge on any atom is -0.381 e. The molecule has 0 saturated carbocycles. The van der Waals surface area contributed by atoms with Gasteiger partial charge < -0.3 is 4.74 Å². The predicted octanol–water partition coefficient (Wildman–Crippen LogP) is 3.29. The van der Waals surface area contributed by atoms with E-state index in [1.807, 2.05) is 0 Å². The van der Waals surface area contributed by atoms with Crippen LogP contribution in [0.2, 0.25) is 23.2 Å². The molecular weight excluding hydrogens is 164 g/mol. The second kappa shape index (κ2) is 3.50. The summed E-state index contributed by atoms with van der Waals surface area (Å²) in [6.07, 6.45) is 0. The first kappa shape index (κ1) is 10.3. The van der Waals surface area contributed by atoms with Gasteiger partial charge in [-0.1, -0.05) is 45.3 Å². The maximum Gasteiger partial charge on any atom is 0.0640 e. The molecule has 0 amide bonds. The zero-order chi connectivity index (χ0) is 9.35. The lowest BCUT2D eigenvalue weighted by Gasteiger charge is -2.46. The molecule has 1 nitrogen and oxygen atoms in total. The molecular formula is C10H22OSi. The van der Waals surface area contributed by atoms with Crippen LogP contribution in [-0.4, -0.2) is 21.3 Å². The molecule has 0 aliphatic carbocycles. The molecule has 0 N–H and O–H groups in total. The van der Waals surface area contributed by atoms with Gasteiger partial charge in [-0.05, 0) is 0 Å². The molecule has 12 heavy (non-hydrogen) atoms. The summed E-state index contributed by atoms with van der Waals surface area (Å²) in [5, 5.41) is 0. The minimum absolute atomic E-state index is 0.895. The molecule has 1 aliphatic heterocycles. The Morgan fingerprint density at radius 3 is 1.58 bits per heavy atom. The first-order chi connectivity index (χ1) is 5.49. The van der Waals surface area contributed by atoms with Crippen molar-refractivity contribution in [2.75, 3.05) is 13.2 Å². The maximum absolute atomic E-state index is 5.32. The fourth-order valence-electron chi connectivity index (χ4n) is 2.20. The van der Waals surface area contributed by atoms with E-state index in [0.29, 0.717) is 0 Å². The van der Waals surface area contributed by atoms with E-state index in [4.69, 9.17) is 4.74 Å². The van der Waals surface area contributed by atoms with Gasteiger partial charge in [0.25, 0.3) is 0 Å². The zero-order valence-corrected chi connectivity index (χ0v) is 10.1. The fourth-order valence-corrected chi connectivity index (χ4v) is 6.38. The van der Waals surface area contributed by atoms with Gasteiger partial charge in [-0.2, -0.15) is 0 Å². The van der Waals surface area contributed by atoms with Crippen LogP contribution < -0.4 is 0 Å². The van der Waals surface area contributed by atoms with E-state index in [0.717, 1.165) is 29.8 Å². The van der Waals surface area contributed by atoms with Crippen LogP contribution in [0.3, 0.4) is 0 Å². The molecule has 0 aromatic carbocycles. The average molecular weight is 186 g/mol. The Balaban J connectivity index is 2.70. The van der Waals surface area contributed by atoms with E-state index in [9.17, 15) is 0 Å². The second-order valence-electron chi connectivity index (χ2n) is 4.91. The van der Waals surface area contributed by atoms with Gasteiger partial charge in [-0.3, -0.25) is 0 Å². The molecule has 1 heterocycles. The smallest absolute Gasteiger partial charge is 0.0640 e. The number of hydrogen-bond acceptors (Lipinski definition) is 1. The summed E-state index contributed by atoms with van der Waals surface area (Å²) in [5.74, 6) is 0. The molecule has 0 atom stereocenters. The third kappa shape index (κ3) is 1.47. The van der Waals surface area contributed by atoms with E-state index >= 15 is 0 Å². The standard InChI is InChI=1S/C10H22OSi/c1-8(2)12(5,9(3)4)10-6-11-7-10/h8-10H,6-7H2,1-5H3. The van der Waals surface area contributed by atoms with Gasteiger partial charge in [-0.25, -0.2) is 0 Å². The molecule has 0 aromatic heterocycles. The van der Waals surface area contributed by atoms with E-state index in [1.165, 1.54) is 0 Å². The Bertz CT molecular complexity index is 142. The maximum atomic E-state index is 5.32. The lowest BCUT2D eigenvalue weighted by atomic mass is 10.4. The highest BCUT2D eigenvalue weighted by molar-refractivity contribution is 6.82. The highest BCUT2D eigenvalue weighted by atomic mass is 28.3. The highest BCUT2D eigenvalue weighted by Gasteiger charge is 2.45. The van der Waals surface area contributed by atoms with Gasteiger partial charge in [-0.15, -0.1) is 0 Å². The van der Waals surface area contributed by atoms with Crippen molar-refractivity contribution in [2.45, 2.75) is 50.9 Å². The topological polar surface area (TPSA) is 9.23 Å². The Labute approximate surface area is 77.5 Å². The summed E-state index contributed by atoms with van der Waals surface area (Å²) >= 11 is 0. The summed E-state index contributed by atoms with van der Waals surface area (Å²) in [6, 6.07) is 0. The predicted molar refractivity (Wildman–Crippen MR) is 56.4 cm³/mol. The highest BCUT2D eigenvalue weighted by Crippen LogP contribution is 2.44. The van der Waals surface area contributed by atoms with Gasteiger partial charge in [0, 0.05) is 18.8 Å². The molecule has 72 valence electrons. The zero-order valence-electron chi connectivity index (χ0n) is 9.05. The van der Waals surface area contributed by atoms with Crippen LogP contribution in [0.4, 0.5) is 0 Å². The monoisotopic (exact) mass is 186 g/mol. The summed E-state index contributed by atoms with van der Waals surface area (Å²) in [5.41, 5.74) is 2.72. The van der Waals surface area contributed by atoms with Crippen molar-refractivity contribution < 1.29 is 4.74 Å². The van der Waals surface area contributed by atoms with Crippen LogP contribution in [-0.2, 0) is 4.74 Å². The Morgan fingerprint density at radius 1 is 1.08 bits per heavy atom. The van der Waals surface area contributed by atoms with E-state index in [2.05, 4.69) is 34.2 Å². The molecule has 0 bridgehead atoms. The summed E-state index contributed by atoms with van der Waals surface area (Å²) < 4.78 is 5.32. The van der Waals surface area contributed by atoms with Crippen molar-refractivity contribution in [3.63, 3.8) is 0 Å². The Kier molecular flexibility index (Phi) is 3.00. The molecule has 1 saturated heterocycles. The summed E-state index contributed by atoms with van der Waals surface area (Å²) in [7, 11) is -1.05. The molecule has 0 radical (unpaired) electrons. The van der Waals surface area contributed by atoms with Crippen LogP contribution in [0.1, 0.15) is 27.7 Å². The van der Waals surface area contributed by atoms with Crippen molar-refractivity contribution in [1.29, 1.82) is 0 Å². The van der Waals surface area contributed by atoms with Crippen LogP contribution in [0.5, 0.6) is 0 Å². The largest absolute Gasteiger partial charge is 0.381 e. The third-order valence-electron chi connectivity index (χ3n) is 4.01. The molecule has 0 spiro atoms. The van der Waals surface area contributed by atoms with Crippen LogP contribution in [0.25, 0.3) is 0 Å². The van der Waals surface area contributed by atoms with Crippen molar-refractivity contribution in [2.24, 2.45) is 0 Å². The molecule has 2 heteroatoms. The average Bonchev–Trinajstić information content (AvgIpc) is 1.82. The van der Waals surface area contributed by atoms with Crippen LogP contribution in [0, 0.1) is 0 Å². The van der Waals surface area contributed by atoms with Gasteiger partial charge >= 0.3 is 0 Å². The molecule has 1 fully saturated rings. The van der Waals surface area contributed by atoms with Gasteiger partial charge in [0.1, 0.15) is 0 Å². The van der Waals surface area contributed by atoms with Crippen molar-refractivity contribution in [1.82, 2.24) is 0 Å². The van der Waals surface area contributed by atoms with E-state index in [-0.39, 0.29) is 0 Å². The SMILES string of the molecule is CC(C)[Si](C)(C(C)C)C1COC1. The molecule has 0 aromatic rings. The Hall–Kier alpha value is 0.177. The first-order valence-electron chi connectivity index (χ1n) is 5.07. The van der Waals surface area contributed by atoms with Crippen molar-refractivity contribution in [3.05, 3.63) is 0 Å². The molecule has 0 unspecified atom stereocenters. The lowest BCUT2D eigenvalue weighted by molar-refractivity contribution is 0.0321. The van der Waals surface area contributed by atoms with Crippen molar-refractivity contribution in [3.8, 4) is 0 Å². The van der Waals surface area contributed by atoms with Gasteiger partial charge in [0.15, 0.2) is 0 Å². The quantitative estimate of drug-likeness (QED) is 0.615. The van der Waals surface area contributed by atoms with E-state index in [1.54, 1.807) is 0 Å². The molecule has 1 rings (SSSR count). The van der Waals surface area contributed by atoms with E-state index < -0.39 is 8.07 Å². The van der Waals surface area contributed by atoms with Gasteiger partial charge in [0.05, 0.1) is 8.07 Å². The van der Waals surface area contributed by atoms with Crippen LogP contribution >= 0.6 is 0 Å². The second-order valence-corrected chi connectivity index (χ2v) is 10.8. The summed E-state index contributed by atoms with van der Waals surface area (Å²) in [6.45, 7) is 14.2. The number of ether oxygens (including phenoxy) is 1. The molecule has 1 aliphatic rings. The summed E-state index contributed by atoms with van der Waals surface area (Å²) in [4.78, 5) is 0.